The van der Waals surface area contributed by atoms with Gasteiger partial charge in [-0.1, -0.05) is 0 Å². The van der Waals surface area contributed by atoms with Crippen LogP contribution in [-0.4, -0.2) is 49.3 Å². The van der Waals surface area contributed by atoms with E-state index in [0.29, 0.717) is 16.9 Å². The standard InChI is InChI=1S/C17H18N4O4/c1-21(2)17(23)25-14-7-6-12(9-15(14)24-3)10-19-20-16(22)13-5-4-8-18-11-13/h4-11H,1-3H3,(H,20,22)/b19-10-. The molecule has 25 heavy (non-hydrogen) atoms. The summed E-state index contributed by atoms with van der Waals surface area (Å²) in [6.45, 7) is 0. The largest absolute Gasteiger partial charge is 0.493 e. The number of carbonyl (C=O) groups is 2. The third-order valence-electron chi connectivity index (χ3n) is 3.05. The van der Waals surface area contributed by atoms with Crippen molar-refractivity contribution in [1.29, 1.82) is 0 Å². The van der Waals surface area contributed by atoms with E-state index < -0.39 is 6.09 Å². The summed E-state index contributed by atoms with van der Waals surface area (Å²) in [5.41, 5.74) is 3.47. The highest BCUT2D eigenvalue weighted by atomic mass is 16.6. The van der Waals surface area contributed by atoms with Crippen molar-refractivity contribution in [3.63, 3.8) is 0 Å². The van der Waals surface area contributed by atoms with E-state index in [1.54, 1.807) is 50.6 Å². The number of nitrogens with one attached hydrogen (secondary N) is 1. The Morgan fingerprint density at radius 3 is 2.68 bits per heavy atom. The van der Waals surface area contributed by atoms with Gasteiger partial charge in [0.25, 0.3) is 5.91 Å². The number of pyridine rings is 1. The van der Waals surface area contributed by atoms with Gasteiger partial charge in [-0.05, 0) is 35.9 Å². The topological polar surface area (TPSA) is 93.1 Å². The number of hydrogen-bond acceptors (Lipinski definition) is 6. The number of benzene rings is 1. The predicted octanol–water partition coefficient (Wildman–Crippen LogP) is 1.91. The van der Waals surface area contributed by atoms with Gasteiger partial charge in [0.1, 0.15) is 0 Å². The zero-order chi connectivity index (χ0) is 18.2. The van der Waals surface area contributed by atoms with Gasteiger partial charge in [0, 0.05) is 26.5 Å². The van der Waals surface area contributed by atoms with Crippen molar-refractivity contribution >= 4 is 18.2 Å². The van der Waals surface area contributed by atoms with Gasteiger partial charge in [-0.3, -0.25) is 9.78 Å². The Labute approximate surface area is 145 Å². The second kappa shape index (κ2) is 8.44. The van der Waals surface area contributed by atoms with Crippen LogP contribution in [0, 0.1) is 0 Å². The monoisotopic (exact) mass is 342 g/mol. The van der Waals surface area contributed by atoms with Gasteiger partial charge in [0.2, 0.25) is 0 Å². The number of amides is 2. The Bertz CT molecular complexity index is 775. The van der Waals surface area contributed by atoms with Crippen LogP contribution in [0.25, 0.3) is 0 Å². The van der Waals surface area contributed by atoms with E-state index in [1.165, 1.54) is 24.4 Å². The van der Waals surface area contributed by atoms with Crippen LogP contribution in [0.15, 0.2) is 47.8 Å². The first-order valence-corrected chi connectivity index (χ1v) is 7.32. The molecule has 8 nitrogen and oxygen atoms in total. The van der Waals surface area contributed by atoms with Crippen LogP contribution < -0.4 is 14.9 Å². The summed E-state index contributed by atoms with van der Waals surface area (Å²) in [4.78, 5) is 28.6. The van der Waals surface area contributed by atoms with Gasteiger partial charge in [0.05, 0.1) is 18.9 Å². The molecule has 0 unspecified atom stereocenters. The molecule has 0 saturated carbocycles. The molecule has 1 aromatic carbocycles. The van der Waals surface area contributed by atoms with Crippen molar-refractivity contribution in [3.05, 3.63) is 53.9 Å². The Morgan fingerprint density at radius 2 is 2.04 bits per heavy atom. The average molecular weight is 342 g/mol. The van der Waals surface area contributed by atoms with Crippen LogP contribution >= 0.6 is 0 Å². The number of nitrogens with zero attached hydrogens (tertiary/aromatic N) is 3. The van der Waals surface area contributed by atoms with Gasteiger partial charge in [-0.25, -0.2) is 10.2 Å². The lowest BCUT2D eigenvalue weighted by atomic mass is 10.2. The first kappa shape index (κ1) is 17.9. The van der Waals surface area contributed by atoms with Gasteiger partial charge < -0.3 is 14.4 Å². The molecule has 0 bridgehead atoms. The van der Waals surface area contributed by atoms with Crippen molar-refractivity contribution in [1.82, 2.24) is 15.3 Å². The number of ether oxygens (including phenoxy) is 2. The molecule has 0 aliphatic heterocycles. The van der Waals surface area contributed by atoms with E-state index in [9.17, 15) is 9.59 Å². The van der Waals surface area contributed by atoms with Gasteiger partial charge >= 0.3 is 6.09 Å². The maximum absolute atomic E-state index is 11.8. The molecule has 0 spiro atoms. The summed E-state index contributed by atoms with van der Waals surface area (Å²) in [6, 6.07) is 8.20. The van der Waals surface area contributed by atoms with Crippen molar-refractivity contribution in [2.75, 3.05) is 21.2 Å². The van der Waals surface area contributed by atoms with Crippen molar-refractivity contribution < 1.29 is 19.1 Å². The minimum atomic E-state index is -0.511. The molecule has 8 heteroatoms. The third-order valence-corrected chi connectivity index (χ3v) is 3.05. The van der Waals surface area contributed by atoms with Crippen LogP contribution in [0.4, 0.5) is 4.79 Å². The Hall–Kier alpha value is -3.42. The molecule has 0 aliphatic carbocycles. The molecule has 1 aromatic heterocycles. The SMILES string of the molecule is COc1cc(/C=N\NC(=O)c2cccnc2)ccc1OC(=O)N(C)C. The maximum Gasteiger partial charge on any atom is 0.414 e. The Morgan fingerprint density at radius 1 is 1.24 bits per heavy atom. The fourth-order valence-electron chi connectivity index (χ4n) is 1.76. The second-order valence-corrected chi connectivity index (χ2v) is 5.11. The molecule has 1 heterocycles. The van der Waals surface area contributed by atoms with Crippen LogP contribution in [0.1, 0.15) is 15.9 Å². The van der Waals surface area contributed by atoms with Crippen LogP contribution in [0.2, 0.25) is 0 Å². The fraction of sp³-hybridized carbons (Fsp3) is 0.176. The summed E-state index contributed by atoms with van der Waals surface area (Å²) >= 11 is 0. The molecular formula is C17H18N4O4. The Kier molecular flexibility index (Phi) is 6.05. The molecule has 0 saturated heterocycles. The second-order valence-electron chi connectivity index (χ2n) is 5.11. The van der Waals surface area contributed by atoms with E-state index in [4.69, 9.17) is 9.47 Å². The lowest BCUT2D eigenvalue weighted by Gasteiger charge is -2.13. The van der Waals surface area contributed by atoms with E-state index >= 15 is 0 Å². The average Bonchev–Trinajstić information content (AvgIpc) is 2.63. The molecule has 1 N–H and O–H groups in total. The van der Waals surface area contributed by atoms with Gasteiger partial charge in [-0.2, -0.15) is 5.10 Å². The van der Waals surface area contributed by atoms with Crippen molar-refractivity contribution in [3.8, 4) is 11.5 Å². The number of hydrazone groups is 1. The molecule has 2 aromatic rings. The van der Waals surface area contributed by atoms with Crippen LogP contribution in [0.3, 0.4) is 0 Å². The molecule has 0 atom stereocenters. The predicted molar refractivity (Wildman–Crippen MR) is 92.0 cm³/mol. The third kappa shape index (κ3) is 5.03. The number of rotatable bonds is 5. The first-order valence-electron chi connectivity index (χ1n) is 7.32. The summed E-state index contributed by atoms with van der Waals surface area (Å²) in [5, 5.41) is 3.89. The lowest BCUT2D eigenvalue weighted by molar-refractivity contribution is 0.0954. The highest BCUT2D eigenvalue weighted by molar-refractivity contribution is 5.94. The first-order chi connectivity index (χ1) is 12.0. The zero-order valence-electron chi connectivity index (χ0n) is 14.1. The van der Waals surface area contributed by atoms with Gasteiger partial charge in [0.15, 0.2) is 11.5 Å². The summed E-state index contributed by atoms with van der Waals surface area (Å²) in [6.07, 6.45) is 3.97. The minimum absolute atomic E-state index is 0.290. The number of carbonyl (C=O) groups excluding carboxylic acids is 2. The van der Waals surface area contributed by atoms with Gasteiger partial charge in [-0.15, -0.1) is 0 Å². The number of methoxy groups -OCH3 is 1. The maximum atomic E-state index is 11.8. The van der Waals surface area contributed by atoms with E-state index in [2.05, 4.69) is 15.5 Å². The molecule has 0 fully saturated rings. The Balaban J connectivity index is 2.05. The smallest absolute Gasteiger partial charge is 0.414 e. The lowest BCUT2D eigenvalue weighted by Crippen LogP contribution is -2.25. The zero-order valence-corrected chi connectivity index (χ0v) is 14.1. The van der Waals surface area contributed by atoms with Crippen molar-refractivity contribution in [2.45, 2.75) is 0 Å². The number of aromatic nitrogens is 1. The summed E-state index contributed by atoms with van der Waals surface area (Å²) in [5.74, 6) is 0.295. The van der Waals surface area contributed by atoms with E-state index in [1.807, 2.05) is 0 Å². The summed E-state index contributed by atoms with van der Waals surface area (Å²) in [7, 11) is 4.63. The molecule has 2 rings (SSSR count). The molecule has 0 radical (unpaired) electrons. The fourth-order valence-corrected chi connectivity index (χ4v) is 1.76. The molecule has 0 aliphatic rings. The number of hydrogen-bond donors (Lipinski definition) is 1. The molecular weight excluding hydrogens is 324 g/mol. The van der Waals surface area contributed by atoms with E-state index in [-0.39, 0.29) is 11.7 Å². The highest BCUT2D eigenvalue weighted by Gasteiger charge is 2.12. The minimum Gasteiger partial charge on any atom is -0.493 e. The quantitative estimate of drug-likeness (QED) is 0.662. The normalized spacial score (nSPS) is 10.4. The van der Waals surface area contributed by atoms with Crippen LogP contribution in [-0.2, 0) is 0 Å². The van der Waals surface area contributed by atoms with E-state index in [0.717, 1.165) is 0 Å². The van der Waals surface area contributed by atoms with Crippen molar-refractivity contribution in [2.24, 2.45) is 5.10 Å². The molecule has 130 valence electrons. The highest BCUT2D eigenvalue weighted by Crippen LogP contribution is 2.27. The summed E-state index contributed by atoms with van der Waals surface area (Å²) < 4.78 is 10.4. The molecule has 2 amide bonds. The van der Waals surface area contributed by atoms with Crippen LogP contribution in [0.5, 0.6) is 11.5 Å².